The Morgan fingerprint density at radius 2 is 1.23 bits per heavy atom. The first kappa shape index (κ1) is 21.2. The Labute approximate surface area is 162 Å². The molecule has 0 aromatic rings. The minimum absolute atomic E-state index is 0.452. The summed E-state index contributed by atoms with van der Waals surface area (Å²) in [5.41, 5.74) is 1.22. The maximum Gasteiger partial charge on any atom is 0.0916 e. The third kappa shape index (κ3) is 7.25. The first-order valence-electron chi connectivity index (χ1n) is 11.0. The lowest BCUT2D eigenvalue weighted by Crippen LogP contribution is -2.39. The quantitative estimate of drug-likeness (QED) is 0.521. The summed E-state index contributed by atoms with van der Waals surface area (Å²) in [6, 6.07) is 1.74. The molecule has 2 aliphatic carbocycles. The van der Waals surface area contributed by atoms with E-state index in [1.54, 1.807) is 0 Å². The van der Waals surface area contributed by atoms with E-state index in [9.17, 15) is 0 Å². The smallest absolute Gasteiger partial charge is 0.0916 e. The molecule has 26 heavy (non-hydrogen) atoms. The molecule has 0 radical (unpaired) electrons. The Bertz CT molecular complexity index is 438. The Balaban J connectivity index is 1.61. The van der Waals surface area contributed by atoms with Gasteiger partial charge in [0.05, 0.1) is 5.82 Å². The third-order valence-corrected chi connectivity index (χ3v) is 6.29. The van der Waals surface area contributed by atoms with Gasteiger partial charge in [0.25, 0.3) is 0 Å². The van der Waals surface area contributed by atoms with E-state index >= 15 is 0 Å². The lowest BCUT2D eigenvalue weighted by atomic mass is 9.75. The van der Waals surface area contributed by atoms with Crippen molar-refractivity contribution in [2.45, 2.75) is 104 Å². The van der Waals surface area contributed by atoms with Crippen LogP contribution in [0.3, 0.4) is 0 Å². The van der Waals surface area contributed by atoms with Crippen LogP contribution in [0.25, 0.3) is 0 Å². The number of allylic oxidation sites excluding steroid dienone is 1. The highest BCUT2D eigenvalue weighted by atomic mass is 15.1. The standard InChI is InChI=1S/C23H43N3/c1-16(2)18(5)25-22-11-7-20(8-12-22)15-21-9-13-23(14-10-21)26-19(6)24-17(3)4/h16-17,20-26H,5-15H2,1-4H3. The van der Waals surface area contributed by atoms with Gasteiger partial charge in [-0.2, -0.15) is 0 Å². The monoisotopic (exact) mass is 361 g/mol. The summed E-state index contributed by atoms with van der Waals surface area (Å²) in [4.78, 5) is 0. The highest BCUT2D eigenvalue weighted by Gasteiger charge is 2.27. The van der Waals surface area contributed by atoms with Gasteiger partial charge in [-0.15, -0.1) is 0 Å². The summed E-state index contributed by atoms with van der Waals surface area (Å²) in [7, 11) is 0. The molecule has 0 unspecified atom stereocenters. The third-order valence-electron chi connectivity index (χ3n) is 6.29. The van der Waals surface area contributed by atoms with Crippen molar-refractivity contribution in [1.29, 1.82) is 0 Å². The summed E-state index contributed by atoms with van der Waals surface area (Å²) in [6.07, 6.45) is 12.3. The van der Waals surface area contributed by atoms with Crippen molar-refractivity contribution < 1.29 is 0 Å². The summed E-state index contributed by atoms with van der Waals surface area (Å²) in [6.45, 7) is 17.0. The Kier molecular flexibility index (Phi) is 8.37. The fourth-order valence-electron chi connectivity index (χ4n) is 4.62. The molecule has 0 bridgehead atoms. The van der Waals surface area contributed by atoms with Crippen molar-refractivity contribution in [3.05, 3.63) is 24.7 Å². The van der Waals surface area contributed by atoms with Gasteiger partial charge in [-0.1, -0.05) is 27.0 Å². The van der Waals surface area contributed by atoms with Gasteiger partial charge in [0.15, 0.2) is 0 Å². The maximum absolute atomic E-state index is 4.18. The molecule has 3 N–H and O–H groups in total. The van der Waals surface area contributed by atoms with Crippen LogP contribution in [-0.2, 0) is 0 Å². The van der Waals surface area contributed by atoms with E-state index in [-0.39, 0.29) is 0 Å². The molecule has 3 nitrogen and oxygen atoms in total. The van der Waals surface area contributed by atoms with Gasteiger partial charge in [0.1, 0.15) is 0 Å². The van der Waals surface area contributed by atoms with Crippen molar-refractivity contribution in [2.75, 3.05) is 0 Å². The van der Waals surface area contributed by atoms with Gasteiger partial charge in [-0.05, 0) is 89.4 Å². The Hall–Kier alpha value is -1.12. The van der Waals surface area contributed by atoms with Crippen LogP contribution in [0.15, 0.2) is 24.7 Å². The van der Waals surface area contributed by atoms with Crippen LogP contribution in [0.5, 0.6) is 0 Å². The van der Waals surface area contributed by atoms with E-state index in [2.05, 4.69) is 56.8 Å². The van der Waals surface area contributed by atoms with Crippen LogP contribution in [0.1, 0.15) is 85.5 Å². The van der Waals surface area contributed by atoms with Crippen LogP contribution in [0.2, 0.25) is 0 Å². The zero-order valence-electron chi connectivity index (χ0n) is 17.7. The first-order valence-corrected chi connectivity index (χ1v) is 11.0. The molecule has 2 aliphatic rings. The molecule has 0 aliphatic heterocycles. The van der Waals surface area contributed by atoms with Crippen molar-refractivity contribution >= 4 is 0 Å². The van der Waals surface area contributed by atoms with Gasteiger partial charge in [0, 0.05) is 23.8 Å². The molecule has 0 saturated heterocycles. The maximum atomic E-state index is 4.18. The SMILES string of the molecule is C=C(NC(C)C)NC1CCC(CC2CCC(NC(=C)C(C)C)CC2)CC1. The van der Waals surface area contributed by atoms with Gasteiger partial charge >= 0.3 is 0 Å². The largest absolute Gasteiger partial charge is 0.386 e. The number of hydrogen-bond donors (Lipinski definition) is 3. The van der Waals surface area contributed by atoms with Crippen molar-refractivity contribution in [1.82, 2.24) is 16.0 Å². The highest BCUT2D eigenvalue weighted by Crippen LogP contribution is 2.35. The fourth-order valence-corrected chi connectivity index (χ4v) is 4.62. The zero-order chi connectivity index (χ0) is 19.1. The average Bonchev–Trinajstić information content (AvgIpc) is 2.57. The Morgan fingerprint density at radius 1 is 0.769 bits per heavy atom. The topological polar surface area (TPSA) is 36.1 Å². The van der Waals surface area contributed by atoms with E-state index in [0.29, 0.717) is 24.0 Å². The molecule has 150 valence electrons. The van der Waals surface area contributed by atoms with Crippen LogP contribution < -0.4 is 16.0 Å². The van der Waals surface area contributed by atoms with E-state index in [1.807, 2.05) is 0 Å². The minimum Gasteiger partial charge on any atom is -0.386 e. The average molecular weight is 362 g/mol. The van der Waals surface area contributed by atoms with E-state index in [1.165, 1.54) is 63.5 Å². The predicted molar refractivity (Wildman–Crippen MR) is 114 cm³/mol. The van der Waals surface area contributed by atoms with Crippen LogP contribution in [0, 0.1) is 17.8 Å². The van der Waals surface area contributed by atoms with E-state index in [4.69, 9.17) is 0 Å². The normalized spacial score (nSPS) is 29.5. The highest BCUT2D eigenvalue weighted by molar-refractivity contribution is 4.98. The lowest BCUT2D eigenvalue weighted by Gasteiger charge is -2.35. The number of hydrogen-bond acceptors (Lipinski definition) is 3. The van der Waals surface area contributed by atoms with Crippen LogP contribution >= 0.6 is 0 Å². The molecule has 3 heteroatoms. The summed E-state index contributed by atoms with van der Waals surface area (Å²) in [5.74, 6) is 3.44. The van der Waals surface area contributed by atoms with Crippen molar-refractivity contribution in [3.63, 3.8) is 0 Å². The molecule has 0 aromatic carbocycles. The second-order valence-electron chi connectivity index (χ2n) is 9.42. The van der Waals surface area contributed by atoms with Crippen molar-refractivity contribution in [3.8, 4) is 0 Å². The molecule has 0 spiro atoms. The van der Waals surface area contributed by atoms with Crippen molar-refractivity contribution in [2.24, 2.45) is 17.8 Å². The minimum atomic E-state index is 0.452. The molecule has 0 aromatic heterocycles. The summed E-state index contributed by atoms with van der Waals surface area (Å²) >= 11 is 0. The lowest BCUT2D eigenvalue weighted by molar-refractivity contribution is 0.211. The Morgan fingerprint density at radius 3 is 1.65 bits per heavy atom. The van der Waals surface area contributed by atoms with Gasteiger partial charge in [-0.25, -0.2) is 0 Å². The molecular formula is C23H43N3. The van der Waals surface area contributed by atoms with Gasteiger partial charge < -0.3 is 16.0 Å². The predicted octanol–water partition coefficient (Wildman–Crippen LogP) is 5.31. The summed E-state index contributed by atoms with van der Waals surface area (Å²) in [5, 5.41) is 10.6. The fraction of sp³-hybridized carbons (Fsp3) is 0.826. The molecule has 2 rings (SSSR count). The molecule has 0 amide bonds. The molecule has 0 atom stereocenters. The van der Waals surface area contributed by atoms with Crippen LogP contribution in [0.4, 0.5) is 0 Å². The van der Waals surface area contributed by atoms with E-state index < -0.39 is 0 Å². The second-order valence-corrected chi connectivity index (χ2v) is 9.42. The summed E-state index contributed by atoms with van der Waals surface area (Å²) < 4.78 is 0. The molecule has 2 fully saturated rings. The van der Waals surface area contributed by atoms with Gasteiger partial charge in [0.2, 0.25) is 0 Å². The van der Waals surface area contributed by atoms with Gasteiger partial charge in [-0.3, -0.25) is 0 Å². The van der Waals surface area contributed by atoms with E-state index in [0.717, 1.165) is 17.7 Å². The molecule has 0 heterocycles. The first-order chi connectivity index (χ1) is 12.3. The van der Waals surface area contributed by atoms with Crippen LogP contribution in [-0.4, -0.2) is 18.1 Å². The molecule has 2 saturated carbocycles. The number of rotatable bonds is 9. The molecular weight excluding hydrogens is 318 g/mol. The zero-order valence-corrected chi connectivity index (χ0v) is 17.7. The second kappa shape index (κ2) is 10.3. The number of nitrogens with one attached hydrogen (secondary N) is 3.